The molecule has 0 bridgehead atoms. The van der Waals surface area contributed by atoms with Gasteiger partial charge < -0.3 is 15.3 Å². The molecule has 30 heavy (non-hydrogen) atoms. The summed E-state index contributed by atoms with van der Waals surface area (Å²) in [6, 6.07) is 6.66. The summed E-state index contributed by atoms with van der Waals surface area (Å²) in [6.45, 7) is 0. The molecule has 1 unspecified atom stereocenters. The fourth-order valence-electron chi connectivity index (χ4n) is 3.37. The summed E-state index contributed by atoms with van der Waals surface area (Å²) in [5, 5.41) is 29.3. The van der Waals surface area contributed by atoms with Gasteiger partial charge in [0.25, 0.3) is 21.9 Å². The number of anilines is 1. The Morgan fingerprint density at radius 3 is 1.87 bits per heavy atom. The maximum Gasteiger partial charge on any atom is 0.303 e. The van der Waals surface area contributed by atoms with Gasteiger partial charge in [-0.1, -0.05) is 12.1 Å². The van der Waals surface area contributed by atoms with Crippen molar-refractivity contribution in [3.63, 3.8) is 0 Å². The average molecular weight is 436 g/mol. The van der Waals surface area contributed by atoms with E-state index in [0.717, 1.165) is 41.3 Å². The van der Waals surface area contributed by atoms with Gasteiger partial charge in [0.15, 0.2) is 11.8 Å². The van der Waals surface area contributed by atoms with Crippen LogP contribution in [0.25, 0.3) is 0 Å². The van der Waals surface area contributed by atoms with Gasteiger partial charge in [0.2, 0.25) is 4.87 Å². The number of rotatable bonds is 7. The molecule has 1 aromatic heterocycles. The van der Waals surface area contributed by atoms with E-state index < -0.39 is 57.4 Å². The maximum absolute atomic E-state index is 12.5. The molecule has 2 aromatic rings. The lowest BCUT2D eigenvalue weighted by Crippen LogP contribution is -2.43. The lowest BCUT2D eigenvalue weighted by molar-refractivity contribution is -0.137. The van der Waals surface area contributed by atoms with Gasteiger partial charge in [-0.3, -0.25) is 23.5 Å². The van der Waals surface area contributed by atoms with Gasteiger partial charge in [-0.05, 0) is 17.7 Å². The number of aromatic hydroxyl groups is 2. The van der Waals surface area contributed by atoms with Crippen LogP contribution in [0, 0.1) is 0 Å². The van der Waals surface area contributed by atoms with Crippen molar-refractivity contribution in [1.29, 1.82) is 0 Å². The van der Waals surface area contributed by atoms with Crippen LogP contribution in [0.15, 0.2) is 48.6 Å². The number of amides is 2. The summed E-state index contributed by atoms with van der Waals surface area (Å²) < 4.78 is 35.6. The summed E-state index contributed by atoms with van der Waals surface area (Å²) >= 11 is 0. The fourth-order valence-corrected chi connectivity index (χ4v) is 4.58. The highest BCUT2D eigenvalue weighted by Crippen LogP contribution is 2.43. The minimum atomic E-state index is -5.18. The Hall–Kier alpha value is -3.64. The van der Waals surface area contributed by atoms with Crippen molar-refractivity contribution in [3.8, 4) is 11.8 Å². The lowest BCUT2D eigenvalue weighted by atomic mass is 10.00. The third kappa shape index (κ3) is 3.31. The molecule has 158 valence electrons. The minimum Gasteiger partial charge on any atom is -0.494 e. The number of hydrogen-bond donors (Lipinski definition) is 4. The van der Waals surface area contributed by atoms with Gasteiger partial charge in [0.05, 0.1) is 5.69 Å². The molecule has 2 amide bonds. The first-order valence-corrected chi connectivity index (χ1v) is 9.88. The van der Waals surface area contributed by atoms with E-state index >= 15 is 0 Å². The predicted octanol–water partition coefficient (Wildman–Crippen LogP) is 0.782. The van der Waals surface area contributed by atoms with E-state index in [0.29, 0.717) is 4.57 Å². The molecular weight excluding hydrogens is 420 g/mol. The van der Waals surface area contributed by atoms with Crippen LogP contribution in [0.4, 0.5) is 5.69 Å². The number of imide groups is 1. The van der Waals surface area contributed by atoms with Gasteiger partial charge in [-0.25, -0.2) is 4.90 Å². The number of aliphatic carboxylic acids is 1. The number of carbonyl (C=O) groups is 3. The van der Waals surface area contributed by atoms with E-state index in [2.05, 4.69) is 0 Å². The predicted molar refractivity (Wildman–Crippen MR) is 101 cm³/mol. The van der Waals surface area contributed by atoms with Gasteiger partial charge in [-0.15, -0.1) is 0 Å². The number of aromatic nitrogens is 1. The third-order valence-electron chi connectivity index (χ3n) is 4.69. The molecule has 0 radical (unpaired) electrons. The summed E-state index contributed by atoms with van der Waals surface area (Å²) in [5.41, 5.74) is -0.119. The quantitative estimate of drug-likeness (QED) is 0.361. The minimum absolute atomic E-state index is 0.0992. The molecular formula is C18H16N2O9S. The number of carboxylic acid groups (broad SMARTS) is 1. The van der Waals surface area contributed by atoms with Crippen LogP contribution >= 0.6 is 0 Å². The lowest BCUT2D eigenvalue weighted by Gasteiger charge is -2.33. The number of carboxylic acids is 1. The van der Waals surface area contributed by atoms with Gasteiger partial charge in [-0.2, -0.15) is 8.42 Å². The Kier molecular flexibility index (Phi) is 5.14. The fraction of sp³-hybridized carbons (Fsp3) is 0.167. The van der Waals surface area contributed by atoms with Crippen LogP contribution in [0.1, 0.15) is 18.4 Å². The van der Waals surface area contributed by atoms with Crippen molar-refractivity contribution in [2.45, 2.75) is 17.7 Å². The van der Waals surface area contributed by atoms with Crippen LogP contribution in [-0.2, 0) is 29.4 Å². The zero-order valence-corrected chi connectivity index (χ0v) is 16.0. The highest BCUT2D eigenvalue weighted by Gasteiger charge is 2.49. The van der Waals surface area contributed by atoms with E-state index in [1.165, 1.54) is 12.1 Å². The number of benzene rings is 1. The third-order valence-corrected chi connectivity index (χ3v) is 6.17. The van der Waals surface area contributed by atoms with Crippen LogP contribution in [-0.4, -0.2) is 50.6 Å². The van der Waals surface area contributed by atoms with Gasteiger partial charge >= 0.3 is 5.97 Å². The zero-order valence-electron chi connectivity index (χ0n) is 15.2. The van der Waals surface area contributed by atoms with E-state index in [9.17, 15) is 37.6 Å². The van der Waals surface area contributed by atoms with Crippen LogP contribution < -0.4 is 4.90 Å². The number of hydrogen-bond acceptors (Lipinski definition) is 7. The van der Waals surface area contributed by atoms with Gasteiger partial charge in [0, 0.05) is 37.1 Å². The summed E-state index contributed by atoms with van der Waals surface area (Å²) in [7, 11) is -5.18. The second kappa shape index (κ2) is 7.31. The van der Waals surface area contributed by atoms with Crippen LogP contribution in [0.2, 0.25) is 0 Å². The van der Waals surface area contributed by atoms with E-state index in [4.69, 9.17) is 5.11 Å². The normalized spacial score (nSPS) is 16.1. The molecule has 11 nitrogen and oxygen atoms in total. The van der Waals surface area contributed by atoms with Crippen LogP contribution in [0.3, 0.4) is 0 Å². The molecule has 0 saturated heterocycles. The number of nitrogens with zero attached hydrogens (tertiary/aromatic N) is 2. The molecule has 1 aromatic carbocycles. The Bertz CT molecular complexity index is 1130. The smallest absolute Gasteiger partial charge is 0.303 e. The van der Waals surface area contributed by atoms with Gasteiger partial charge in [0.1, 0.15) is 0 Å². The van der Waals surface area contributed by atoms with Crippen molar-refractivity contribution in [1.82, 2.24) is 4.57 Å². The first-order chi connectivity index (χ1) is 14.0. The van der Waals surface area contributed by atoms with E-state index in [-0.39, 0.29) is 11.3 Å². The standard InChI is InChI=1S/C18H16N2O9S/c21-13-5-6-14(22)19(13)12-3-1-11(2-4-12)18(30(27,28)29,10-9-17(25)26)20-15(23)7-8-16(20)24/h1-8,23-24H,9-10H2,(H,25,26)(H,27,28,29). The van der Waals surface area contributed by atoms with Crippen LogP contribution in [0.5, 0.6) is 11.8 Å². The van der Waals surface area contributed by atoms with E-state index in [1.807, 2.05) is 0 Å². The Morgan fingerprint density at radius 1 is 0.933 bits per heavy atom. The van der Waals surface area contributed by atoms with Crippen molar-refractivity contribution in [2.24, 2.45) is 0 Å². The Balaban J connectivity index is 2.21. The summed E-state index contributed by atoms with van der Waals surface area (Å²) in [5.74, 6) is -4.09. The molecule has 1 aliphatic rings. The Morgan fingerprint density at radius 2 is 1.43 bits per heavy atom. The van der Waals surface area contributed by atoms with Crippen molar-refractivity contribution < 1.29 is 42.7 Å². The Labute approximate surface area is 169 Å². The number of carbonyl (C=O) groups excluding carboxylic acids is 2. The summed E-state index contributed by atoms with van der Waals surface area (Å²) in [4.78, 5) is 33.0. The topological polar surface area (TPSA) is 174 Å². The van der Waals surface area contributed by atoms with E-state index in [1.54, 1.807) is 0 Å². The molecule has 0 aliphatic carbocycles. The van der Waals surface area contributed by atoms with Crippen molar-refractivity contribution in [2.75, 3.05) is 4.90 Å². The highest BCUT2D eigenvalue weighted by molar-refractivity contribution is 7.86. The second-order valence-corrected chi connectivity index (χ2v) is 8.06. The first-order valence-electron chi connectivity index (χ1n) is 8.44. The summed E-state index contributed by atoms with van der Waals surface area (Å²) in [6.07, 6.45) is 0.619. The molecule has 0 spiro atoms. The molecule has 1 aliphatic heterocycles. The second-order valence-electron chi connectivity index (χ2n) is 6.43. The molecule has 3 rings (SSSR count). The SMILES string of the molecule is O=C(O)CCC(c1ccc(N2C(=O)C=CC2=O)cc1)(n1c(O)ccc1O)S(=O)(=O)O. The molecule has 1 atom stereocenters. The highest BCUT2D eigenvalue weighted by atomic mass is 32.2. The largest absolute Gasteiger partial charge is 0.494 e. The average Bonchev–Trinajstić information content (AvgIpc) is 3.17. The first kappa shape index (κ1) is 21.1. The van der Waals surface area contributed by atoms with Crippen molar-refractivity contribution in [3.05, 3.63) is 54.1 Å². The molecule has 0 fully saturated rings. The monoisotopic (exact) mass is 436 g/mol. The zero-order chi connectivity index (χ0) is 22.3. The molecule has 4 N–H and O–H groups in total. The molecule has 12 heteroatoms. The van der Waals surface area contributed by atoms with Crippen molar-refractivity contribution >= 4 is 33.6 Å². The molecule has 2 heterocycles. The molecule has 0 saturated carbocycles. The maximum atomic E-state index is 12.5.